The molecular weight excluding hydrogens is 358 g/mol. The Labute approximate surface area is 154 Å². The third kappa shape index (κ3) is 5.16. The van der Waals surface area contributed by atoms with Crippen molar-refractivity contribution in [1.29, 1.82) is 0 Å². The second kappa shape index (κ2) is 8.48. The number of ether oxygens (including phenoxy) is 2. The third-order valence-corrected chi connectivity index (χ3v) is 3.94. The van der Waals surface area contributed by atoms with Gasteiger partial charge in [-0.1, -0.05) is 6.07 Å². The molecule has 1 saturated heterocycles. The van der Waals surface area contributed by atoms with Crippen molar-refractivity contribution in [2.45, 2.75) is 19.5 Å². The molecule has 2 aromatic carbocycles. The number of amides is 2. The smallest absolute Gasteiger partial charge is 0.387 e. The summed E-state index contributed by atoms with van der Waals surface area (Å²) < 4.78 is 33.9. The van der Waals surface area contributed by atoms with E-state index in [1.54, 1.807) is 23.1 Å². The fourth-order valence-electron chi connectivity index (χ4n) is 2.73. The monoisotopic (exact) mass is 376 g/mol. The maximum absolute atomic E-state index is 12.1. The normalized spacial score (nSPS) is 13.7. The van der Waals surface area contributed by atoms with E-state index in [2.05, 4.69) is 10.1 Å². The van der Waals surface area contributed by atoms with E-state index in [9.17, 15) is 18.4 Å². The Balaban J connectivity index is 1.52. The first-order chi connectivity index (χ1) is 13.0. The summed E-state index contributed by atoms with van der Waals surface area (Å²) in [6.45, 7) is -2.45. The van der Waals surface area contributed by atoms with E-state index >= 15 is 0 Å². The maximum Gasteiger partial charge on any atom is 0.387 e. The number of benzene rings is 2. The van der Waals surface area contributed by atoms with Crippen molar-refractivity contribution in [3.63, 3.8) is 0 Å². The fraction of sp³-hybridized carbons (Fsp3) is 0.263. The molecule has 0 saturated carbocycles. The van der Waals surface area contributed by atoms with Gasteiger partial charge in [0, 0.05) is 30.4 Å². The standard InChI is InChI=1S/C19H18F2N2O4/c20-19(21)27-15-8-6-13(7-9-15)22-17(24)12-26-16-4-1-3-14(11-16)23-10-2-5-18(23)25/h1,3-4,6-9,11,19H,2,5,10,12H2,(H,22,24). The number of alkyl halides is 2. The average Bonchev–Trinajstić information content (AvgIpc) is 3.07. The van der Waals surface area contributed by atoms with Gasteiger partial charge in [-0.3, -0.25) is 9.59 Å². The van der Waals surface area contributed by atoms with Crippen LogP contribution in [0.1, 0.15) is 12.8 Å². The van der Waals surface area contributed by atoms with Crippen molar-refractivity contribution in [3.05, 3.63) is 48.5 Å². The highest BCUT2D eigenvalue weighted by atomic mass is 19.3. The van der Waals surface area contributed by atoms with Crippen LogP contribution >= 0.6 is 0 Å². The number of carbonyl (C=O) groups excluding carboxylic acids is 2. The van der Waals surface area contributed by atoms with Crippen LogP contribution in [0.3, 0.4) is 0 Å². The quantitative estimate of drug-likeness (QED) is 0.804. The highest BCUT2D eigenvalue weighted by Crippen LogP contribution is 2.25. The van der Waals surface area contributed by atoms with E-state index in [1.165, 1.54) is 24.3 Å². The first-order valence-corrected chi connectivity index (χ1v) is 8.39. The van der Waals surface area contributed by atoms with Crippen molar-refractivity contribution in [2.24, 2.45) is 0 Å². The Morgan fingerprint density at radius 2 is 1.93 bits per heavy atom. The Morgan fingerprint density at radius 3 is 2.59 bits per heavy atom. The topological polar surface area (TPSA) is 67.9 Å². The predicted octanol–water partition coefficient (Wildman–Crippen LogP) is 3.43. The van der Waals surface area contributed by atoms with Crippen LogP contribution in [0.15, 0.2) is 48.5 Å². The number of hydrogen-bond acceptors (Lipinski definition) is 4. The predicted molar refractivity (Wildman–Crippen MR) is 95.2 cm³/mol. The summed E-state index contributed by atoms with van der Waals surface area (Å²) in [5, 5.41) is 2.60. The Kier molecular flexibility index (Phi) is 5.85. The lowest BCUT2D eigenvalue weighted by Gasteiger charge is -2.16. The van der Waals surface area contributed by atoms with Crippen LogP contribution in [0.5, 0.6) is 11.5 Å². The summed E-state index contributed by atoms with van der Waals surface area (Å²) in [7, 11) is 0. The Morgan fingerprint density at radius 1 is 1.15 bits per heavy atom. The zero-order valence-corrected chi connectivity index (χ0v) is 14.4. The molecule has 1 aliphatic rings. The summed E-state index contributed by atoms with van der Waals surface area (Å²) in [6, 6.07) is 12.6. The molecule has 1 aliphatic heterocycles. The molecule has 0 spiro atoms. The number of nitrogens with one attached hydrogen (secondary N) is 1. The first kappa shape index (κ1) is 18.6. The molecule has 142 valence electrons. The molecule has 0 aromatic heterocycles. The molecule has 2 amide bonds. The van der Waals surface area contributed by atoms with Crippen LogP contribution in [0.4, 0.5) is 20.2 Å². The first-order valence-electron chi connectivity index (χ1n) is 8.39. The van der Waals surface area contributed by atoms with E-state index in [1.807, 2.05) is 6.07 Å². The zero-order valence-electron chi connectivity index (χ0n) is 14.4. The highest BCUT2D eigenvalue weighted by molar-refractivity contribution is 5.95. The van der Waals surface area contributed by atoms with Crippen LogP contribution in [0.2, 0.25) is 0 Å². The number of anilines is 2. The largest absolute Gasteiger partial charge is 0.484 e. The van der Waals surface area contributed by atoms with E-state index in [0.29, 0.717) is 24.4 Å². The van der Waals surface area contributed by atoms with Crippen molar-refractivity contribution in [3.8, 4) is 11.5 Å². The van der Waals surface area contributed by atoms with Gasteiger partial charge >= 0.3 is 6.61 Å². The lowest BCUT2D eigenvalue weighted by Crippen LogP contribution is -2.24. The average molecular weight is 376 g/mol. The highest BCUT2D eigenvalue weighted by Gasteiger charge is 2.21. The molecule has 0 aliphatic carbocycles. The molecule has 0 atom stereocenters. The molecule has 6 nitrogen and oxygen atoms in total. The van der Waals surface area contributed by atoms with Crippen LogP contribution in [0.25, 0.3) is 0 Å². The molecule has 1 heterocycles. The summed E-state index contributed by atoms with van der Waals surface area (Å²) in [5.74, 6) is 0.153. The van der Waals surface area contributed by atoms with Gasteiger partial charge in [-0.05, 0) is 42.8 Å². The van der Waals surface area contributed by atoms with E-state index < -0.39 is 12.5 Å². The van der Waals surface area contributed by atoms with Gasteiger partial charge in [0.25, 0.3) is 5.91 Å². The molecular formula is C19H18F2N2O4. The van der Waals surface area contributed by atoms with Gasteiger partial charge in [-0.2, -0.15) is 8.78 Å². The minimum Gasteiger partial charge on any atom is -0.484 e. The lowest BCUT2D eigenvalue weighted by atomic mass is 10.3. The summed E-state index contributed by atoms with van der Waals surface area (Å²) in [4.78, 5) is 25.5. The van der Waals surface area contributed by atoms with Gasteiger partial charge in [0.15, 0.2) is 6.61 Å². The molecule has 2 aromatic rings. The van der Waals surface area contributed by atoms with Gasteiger partial charge < -0.3 is 19.7 Å². The van der Waals surface area contributed by atoms with Crippen molar-refractivity contribution in [2.75, 3.05) is 23.4 Å². The second-order valence-electron chi connectivity index (χ2n) is 5.89. The number of carbonyl (C=O) groups is 2. The van der Waals surface area contributed by atoms with Gasteiger partial charge in [0.1, 0.15) is 11.5 Å². The minimum absolute atomic E-state index is 0.00697. The Bertz CT molecular complexity index is 812. The number of rotatable bonds is 7. The third-order valence-electron chi connectivity index (χ3n) is 3.94. The van der Waals surface area contributed by atoms with Crippen LogP contribution < -0.4 is 19.7 Å². The number of hydrogen-bond donors (Lipinski definition) is 1. The summed E-state index contributed by atoms with van der Waals surface area (Å²) in [5.41, 5.74) is 1.17. The van der Waals surface area contributed by atoms with E-state index in [4.69, 9.17) is 4.74 Å². The van der Waals surface area contributed by atoms with Gasteiger partial charge in [-0.15, -0.1) is 0 Å². The minimum atomic E-state index is -2.90. The van der Waals surface area contributed by atoms with Crippen LogP contribution in [-0.4, -0.2) is 31.6 Å². The van der Waals surface area contributed by atoms with Crippen molar-refractivity contribution >= 4 is 23.2 Å². The zero-order chi connectivity index (χ0) is 19.2. The molecule has 1 fully saturated rings. The van der Waals surface area contributed by atoms with Gasteiger partial charge in [0.05, 0.1) is 0 Å². The molecule has 8 heteroatoms. The SMILES string of the molecule is O=C(COc1cccc(N2CCCC2=O)c1)Nc1ccc(OC(F)F)cc1. The van der Waals surface area contributed by atoms with Crippen LogP contribution in [0, 0.1) is 0 Å². The van der Waals surface area contributed by atoms with Crippen LogP contribution in [-0.2, 0) is 9.59 Å². The van der Waals surface area contributed by atoms with E-state index in [0.717, 1.165) is 12.1 Å². The molecule has 1 N–H and O–H groups in total. The number of halogens is 2. The van der Waals surface area contributed by atoms with E-state index in [-0.39, 0.29) is 18.3 Å². The molecule has 0 radical (unpaired) electrons. The second-order valence-corrected chi connectivity index (χ2v) is 5.89. The molecule has 0 bridgehead atoms. The maximum atomic E-state index is 12.1. The van der Waals surface area contributed by atoms with Gasteiger partial charge in [0.2, 0.25) is 5.91 Å². The fourth-order valence-corrected chi connectivity index (χ4v) is 2.73. The van der Waals surface area contributed by atoms with Crippen molar-refractivity contribution < 1.29 is 27.8 Å². The van der Waals surface area contributed by atoms with Crippen molar-refractivity contribution in [1.82, 2.24) is 0 Å². The molecule has 27 heavy (non-hydrogen) atoms. The van der Waals surface area contributed by atoms with Gasteiger partial charge in [-0.25, -0.2) is 0 Å². The summed E-state index contributed by atoms with van der Waals surface area (Å²) >= 11 is 0. The number of nitrogens with zero attached hydrogens (tertiary/aromatic N) is 1. The molecule has 0 unspecified atom stereocenters. The summed E-state index contributed by atoms with van der Waals surface area (Å²) in [6.07, 6.45) is 1.36. The molecule has 3 rings (SSSR count). The Hall–Kier alpha value is -3.16. The lowest BCUT2D eigenvalue weighted by molar-refractivity contribution is -0.118.